The van der Waals surface area contributed by atoms with Crippen LogP contribution in [0, 0.1) is 6.92 Å². The molecule has 1 N–H and O–H groups in total. The van der Waals surface area contributed by atoms with E-state index in [1.54, 1.807) is 6.20 Å². The maximum absolute atomic E-state index is 5.88. The predicted octanol–water partition coefficient (Wildman–Crippen LogP) is 2.91. The molecule has 3 nitrogen and oxygen atoms in total. The molecule has 0 amide bonds. The van der Waals surface area contributed by atoms with E-state index < -0.39 is 0 Å². The summed E-state index contributed by atoms with van der Waals surface area (Å²) in [5, 5.41) is 4.01. The molecular weight excluding hydrogens is 210 g/mol. The number of benzene rings is 1. The summed E-state index contributed by atoms with van der Waals surface area (Å²) < 4.78 is 2.03. The molecule has 78 valence electrons. The molecule has 2 aromatic rings. The molecule has 0 aliphatic heterocycles. The van der Waals surface area contributed by atoms with E-state index in [1.807, 2.05) is 42.0 Å². The van der Waals surface area contributed by atoms with Crippen molar-refractivity contribution in [3.05, 3.63) is 47.5 Å². The van der Waals surface area contributed by atoms with Gasteiger partial charge in [-0.25, -0.2) is 4.98 Å². The molecule has 0 aliphatic carbocycles. The number of halogens is 1. The number of hydrogen-bond donors (Lipinski definition) is 1. The number of imidazole rings is 1. The molecular formula is C11H12ClN3. The van der Waals surface area contributed by atoms with Crippen LogP contribution in [0.3, 0.4) is 0 Å². The van der Waals surface area contributed by atoms with Gasteiger partial charge in [0.15, 0.2) is 0 Å². The van der Waals surface area contributed by atoms with Gasteiger partial charge >= 0.3 is 0 Å². The smallest absolute Gasteiger partial charge is 0.106 e. The van der Waals surface area contributed by atoms with E-state index in [9.17, 15) is 0 Å². The Hall–Kier alpha value is -1.48. The lowest BCUT2D eigenvalue weighted by Gasteiger charge is -2.08. The van der Waals surface area contributed by atoms with Gasteiger partial charge in [0, 0.05) is 23.1 Å². The minimum Gasteiger partial charge on any atom is -0.367 e. The number of rotatable bonds is 3. The Kier molecular flexibility index (Phi) is 2.92. The lowest BCUT2D eigenvalue weighted by Crippen LogP contribution is -2.08. The van der Waals surface area contributed by atoms with Gasteiger partial charge in [0.05, 0.1) is 6.67 Å². The van der Waals surface area contributed by atoms with Gasteiger partial charge in [-0.15, -0.1) is 0 Å². The largest absolute Gasteiger partial charge is 0.367 e. The summed E-state index contributed by atoms with van der Waals surface area (Å²) in [6.45, 7) is 2.67. The average molecular weight is 222 g/mol. The summed E-state index contributed by atoms with van der Waals surface area (Å²) in [5.74, 6) is 0.990. The maximum atomic E-state index is 5.88. The summed E-state index contributed by atoms with van der Waals surface area (Å²) >= 11 is 5.88. The van der Waals surface area contributed by atoms with Crippen LogP contribution >= 0.6 is 11.6 Å². The van der Waals surface area contributed by atoms with Crippen molar-refractivity contribution >= 4 is 17.3 Å². The highest BCUT2D eigenvalue weighted by atomic mass is 35.5. The monoisotopic (exact) mass is 221 g/mol. The van der Waals surface area contributed by atoms with Crippen LogP contribution in [0.4, 0.5) is 5.69 Å². The van der Waals surface area contributed by atoms with E-state index in [2.05, 4.69) is 10.3 Å². The minimum absolute atomic E-state index is 0.701. The fourth-order valence-corrected chi connectivity index (χ4v) is 1.54. The number of nitrogens with one attached hydrogen (secondary N) is 1. The number of aromatic nitrogens is 2. The number of anilines is 1. The lowest BCUT2D eigenvalue weighted by molar-refractivity contribution is 0.742. The predicted molar refractivity (Wildman–Crippen MR) is 62.0 cm³/mol. The minimum atomic E-state index is 0.701. The molecule has 1 aromatic heterocycles. The van der Waals surface area contributed by atoms with Gasteiger partial charge < -0.3 is 9.88 Å². The standard InChI is InChI=1S/C11H12ClN3/c1-9-13-5-6-15(9)8-14-11-4-2-3-10(12)7-11/h2-7,14H,8H2,1H3. The van der Waals surface area contributed by atoms with Gasteiger partial charge in [0.25, 0.3) is 0 Å². The van der Waals surface area contributed by atoms with Gasteiger partial charge in [-0.1, -0.05) is 17.7 Å². The van der Waals surface area contributed by atoms with Crippen LogP contribution in [0.5, 0.6) is 0 Å². The highest BCUT2D eigenvalue weighted by Gasteiger charge is 1.96. The normalized spacial score (nSPS) is 10.3. The topological polar surface area (TPSA) is 29.9 Å². The molecule has 4 heteroatoms. The SMILES string of the molecule is Cc1nccn1CNc1cccc(Cl)c1. The van der Waals surface area contributed by atoms with Gasteiger partial charge in [0.2, 0.25) is 0 Å². The zero-order valence-electron chi connectivity index (χ0n) is 8.44. The third-order valence-electron chi connectivity index (χ3n) is 2.20. The summed E-state index contributed by atoms with van der Waals surface area (Å²) in [5.41, 5.74) is 1.01. The van der Waals surface area contributed by atoms with Crippen molar-refractivity contribution in [1.29, 1.82) is 0 Å². The first kappa shape index (κ1) is 10.1. The Balaban J connectivity index is 2.02. The van der Waals surface area contributed by atoms with Crippen LogP contribution in [0.25, 0.3) is 0 Å². The first-order valence-corrected chi connectivity index (χ1v) is 5.11. The Morgan fingerprint density at radius 3 is 3.00 bits per heavy atom. The van der Waals surface area contributed by atoms with Crippen LogP contribution < -0.4 is 5.32 Å². The van der Waals surface area contributed by atoms with Crippen molar-refractivity contribution in [3.63, 3.8) is 0 Å². The summed E-state index contributed by atoms with van der Waals surface area (Å²) in [7, 11) is 0. The zero-order chi connectivity index (χ0) is 10.7. The third kappa shape index (κ3) is 2.50. The first-order valence-electron chi connectivity index (χ1n) is 4.73. The van der Waals surface area contributed by atoms with Crippen molar-refractivity contribution in [2.45, 2.75) is 13.6 Å². The second kappa shape index (κ2) is 4.36. The summed E-state index contributed by atoms with van der Waals surface area (Å²) in [6, 6.07) is 7.66. The molecule has 0 fully saturated rings. The summed E-state index contributed by atoms with van der Waals surface area (Å²) in [6.07, 6.45) is 3.72. The number of aryl methyl sites for hydroxylation is 1. The average Bonchev–Trinajstić information content (AvgIpc) is 2.61. The van der Waals surface area contributed by atoms with Crippen molar-refractivity contribution < 1.29 is 0 Å². The van der Waals surface area contributed by atoms with Gasteiger partial charge in [-0.05, 0) is 25.1 Å². The maximum Gasteiger partial charge on any atom is 0.106 e. The quantitative estimate of drug-likeness (QED) is 0.864. The summed E-state index contributed by atoms with van der Waals surface area (Å²) in [4.78, 5) is 4.14. The van der Waals surface area contributed by atoms with E-state index in [0.717, 1.165) is 16.5 Å². The molecule has 0 bridgehead atoms. The van der Waals surface area contributed by atoms with Crippen molar-refractivity contribution in [2.75, 3.05) is 5.32 Å². The van der Waals surface area contributed by atoms with Crippen molar-refractivity contribution in [1.82, 2.24) is 9.55 Å². The van der Waals surface area contributed by atoms with Crippen molar-refractivity contribution in [3.8, 4) is 0 Å². The van der Waals surface area contributed by atoms with E-state index >= 15 is 0 Å². The molecule has 0 aliphatic rings. The Morgan fingerprint density at radius 1 is 1.47 bits per heavy atom. The van der Waals surface area contributed by atoms with Crippen molar-refractivity contribution in [2.24, 2.45) is 0 Å². The second-order valence-corrected chi connectivity index (χ2v) is 3.73. The van der Waals surface area contributed by atoms with Crippen LogP contribution in [-0.4, -0.2) is 9.55 Å². The van der Waals surface area contributed by atoms with Crippen LogP contribution in [-0.2, 0) is 6.67 Å². The fraction of sp³-hybridized carbons (Fsp3) is 0.182. The second-order valence-electron chi connectivity index (χ2n) is 3.29. The molecule has 0 radical (unpaired) electrons. The molecule has 2 rings (SSSR count). The molecule has 1 aromatic carbocycles. The Bertz CT molecular complexity index is 451. The molecule has 0 atom stereocenters. The first-order chi connectivity index (χ1) is 7.25. The van der Waals surface area contributed by atoms with Crippen LogP contribution in [0.15, 0.2) is 36.7 Å². The number of hydrogen-bond acceptors (Lipinski definition) is 2. The lowest BCUT2D eigenvalue weighted by atomic mass is 10.3. The molecule has 0 spiro atoms. The van der Waals surface area contributed by atoms with E-state index in [0.29, 0.717) is 6.67 Å². The van der Waals surface area contributed by atoms with E-state index in [4.69, 9.17) is 11.6 Å². The molecule has 0 unspecified atom stereocenters. The number of nitrogens with zero attached hydrogens (tertiary/aromatic N) is 2. The van der Waals surface area contributed by atoms with E-state index in [-0.39, 0.29) is 0 Å². The molecule has 15 heavy (non-hydrogen) atoms. The van der Waals surface area contributed by atoms with E-state index in [1.165, 1.54) is 0 Å². The molecule has 0 saturated carbocycles. The highest BCUT2D eigenvalue weighted by molar-refractivity contribution is 6.30. The molecule has 1 heterocycles. The van der Waals surface area contributed by atoms with Crippen LogP contribution in [0.2, 0.25) is 5.02 Å². The Labute approximate surface area is 93.7 Å². The van der Waals surface area contributed by atoms with Gasteiger partial charge in [-0.2, -0.15) is 0 Å². The zero-order valence-corrected chi connectivity index (χ0v) is 9.20. The highest BCUT2D eigenvalue weighted by Crippen LogP contribution is 2.14. The third-order valence-corrected chi connectivity index (χ3v) is 2.44. The van der Waals surface area contributed by atoms with Crippen LogP contribution in [0.1, 0.15) is 5.82 Å². The molecule has 0 saturated heterocycles. The van der Waals surface area contributed by atoms with Gasteiger partial charge in [-0.3, -0.25) is 0 Å². The fourth-order valence-electron chi connectivity index (χ4n) is 1.35. The van der Waals surface area contributed by atoms with Gasteiger partial charge in [0.1, 0.15) is 5.82 Å². The Morgan fingerprint density at radius 2 is 2.33 bits per heavy atom.